The molecule has 0 spiro atoms. The summed E-state index contributed by atoms with van der Waals surface area (Å²) in [6, 6.07) is 13.5. The van der Waals surface area contributed by atoms with E-state index in [9.17, 15) is 4.79 Å². The van der Waals surface area contributed by atoms with Crippen molar-refractivity contribution >= 4 is 17.3 Å². The van der Waals surface area contributed by atoms with Gasteiger partial charge >= 0.3 is 0 Å². The lowest BCUT2D eigenvalue weighted by atomic mass is 10.0. The Labute approximate surface area is 153 Å². The van der Waals surface area contributed by atoms with Gasteiger partial charge in [-0.1, -0.05) is 38.1 Å². The second kappa shape index (κ2) is 8.25. The predicted molar refractivity (Wildman–Crippen MR) is 104 cm³/mol. The molecule has 26 heavy (non-hydrogen) atoms. The Bertz CT molecular complexity index is 878. The molecule has 5 nitrogen and oxygen atoms in total. The van der Waals surface area contributed by atoms with Crippen molar-refractivity contribution in [1.29, 1.82) is 0 Å². The van der Waals surface area contributed by atoms with Crippen LogP contribution in [0.25, 0.3) is 0 Å². The molecule has 0 aliphatic heterocycles. The van der Waals surface area contributed by atoms with Gasteiger partial charge in [-0.3, -0.25) is 14.8 Å². The number of rotatable bonds is 6. The molecule has 5 heteroatoms. The first-order chi connectivity index (χ1) is 12.6. The molecule has 0 unspecified atom stereocenters. The van der Waals surface area contributed by atoms with Crippen LogP contribution in [0.5, 0.6) is 0 Å². The van der Waals surface area contributed by atoms with Crippen LogP contribution in [0.4, 0.5) is 11.4 Å². The maximum Gasteiger partial charge on any atom is 0.257 e. The molecule has 0 aliphatic carbocycles. The molecule has 3 aromatic rings. The minimum Gasteiger partial charge on any atom is -0.380 e. The maximum absolute atomic E-state index is 12.6. The molecular formula is C21H22N4O. The molecule has 2 aromatic heterocycles. The minimum atomic E-state index is -0.171. The van der Waals surface area contributed by atoms with Crippen molar-refractivity contribution in [3.05, 3.63) is 83.9 Å². The van der Waals surface area contributed by atoms with Gasteiger partial charge in [-0.05, 0) is 35.2 Å². The van der Waals surface area contributed by atoms with Crippen LogP contribution in [0.1, 0.15) is 41.3 Å². The first kappa shape index (κ1) is 17.6. The van der Waals surface area contributed by atoms with E-state index in [0.29, 0.717) is 18.0 Å². The fraction of sp³-hybridized carbons (Fsp3) is 0.190. The van der Waals surface area contributed by atoms with Gasteiger partial charge in [0.15, 0.2) is 0 Å². The standard InChI is InChI=1S/C21H22N4O/c1-15(2)19-7-3-4-8-20(19)25-21(26)17-10-18(14-23-13-17)24-12-16-6-5-9-22-11-16/h3-11,13-15,24H,12H2,1-2H3,(H,25,26). The molecule has 1 amide bonds. The number of amides is 1. The number of benzene rings is 1. The van der Waals surface area contributed by atoms with Gasteiger partial charge in [-0.2, -0.15) is 0 Å². The van der Waals surface area contributed by atoms with E-state index in [1.165, 1.54) is 0 Å². The molecule has 0 atom stereocenters. The lowest BCUT2D eigenvalue weighted by molar-refractivity contribution is 0.102. The highest BCUT2D eigenvalue weighted by atomic mass is 16.1. The monoisotopic (exact) mass is 346 g/mol. The van der Waals surface area contributed by atoms with Crippen LogP contribution < -0.4 is 10.6 Å². The zero-order valence-corrected chi connectivity index (χ0v) is 14.9. The van der Waals surface area contributed by atoms with E-state index in [1.54, 1.807) is 30.9 Å². The van der Waals surface area contributed by atoms with Crippen molar-refractivity contribution in [3.8, 4) is 0 Å². The third-order valence-electron chi connectivity index (χ3n) is 4.05. The Morgan fingerprint density at radius 1 is 1.04 bits per heavy atom. The molecule has 2 heterocycles. The highest BCUT2D eigenvalue weighted by Crippen LogP contribution is 2.24. The summed E-state index contributed by atoms with van der Waals surface area (Å²) < 4.78 is 0. The molecule has 3 rings (SSSR count). The van der Waals surface area contributed by atoms with Gasteiger partial charge in [0.05, 0.1) is 11.3 Å². The van der Waals surface area contributed by atoms with Crippen molar-refractivity contribution in [3.63, 3.8) is 0 Å². The van der Waals surface area contributed by atoms with Crippen LogP contribution in [0.3, 0.4) is 0 Å². The average Bonchev–Trinajstić information content (AvgIpc) is 2.67. The number of carbonyl (C=O) groups excluding carboxylic acids is 1. The van der Waals surface area contributed by atoms with Gasteiger partial charge in [-0.25, -0.2) is 0 Å². The quantitative estimate of drug-likeness (QED) is 0.691. The van der Waals surface area contributed by atoms with Crippen molar-refractivity contribution in [2.75, 3.05) is 10.6 Å². The molecule has 2 N–H and O–H groups in total. The van der Waals surface area contributed by atoms with Gasteiger partial charge < -0.3 is 10.6 Å². The van der Waals surface area contributed by atoms with Crippen LogP contribution in [-0.4, -0.2) is 15.9 Å². The highest BCUT2D eigenvalue weighted by molar-refractivity contribution is 6.05. The van der Waals surface area contributed by atoms with Crippen molar-refractivity contribution in [2.45, 2.75) is 26.3 Å². The highest BCUT2D eigenvalue weighted by Gasteiger charge is 2.11. The number of anilines is 2. The summed E-state index contributed by atoms with van der Waals surface area (Å²) in [5, 5.41) is 6.26. The second-order valence-corrected chi connectivity index (χ2v) is 6.37. The Morgan fingerprint density at radius 2 is 1.88 bits per heavy atom. The van der Waals surface area contributed by atoms with Crippen LogP contribution >= 0.6 is 0 Å². The minimum absolute atomic E-state index is 0.171. The van der Waals surface area contributed by atoms with Crippen molar-refractivity contribution in [2.24, 2.45) is 0 Å². The summed E-state index contributed by atoms with van der Waals surface area (Å²) in [7, 11) is 0. The van der Waals surface area contributed by atoms with E-state index in [4.69, 9.17) is 0 Å². The third-order valence-corrected chi connectivity index (χ3v) is 4.05. The van der Waals surface area contributed by atoms with Gasteiger partial charge in [0.2, 0.25) is 0 Å². The molecule has 0 radical (unpaired) electrons. The molecule has 0 fully saturated rings. The van der Waals surface area contributed by atoms with Crippen LogP contribution in [0.15, 0.2) is 67.3 Å². The third kappa shape index (κ3) is 4.45. The first-order valence-corrected chi connectivity index (χ1v) is 8.61. The first-order valence-electron chi connectivity index (χ1n) is 8.61. The fourth-order valence-electron chi connectivity index (χ4n) is 2.68. The number of nitrogens with one attached hydrogen (secondary N) is 2. The molecule has 1 aromatic carbocycles. The van der Waals surface area contributed by atoms with Crippen LogP contribution in [-0.2, 0) is 6.54 Å². The molecule has 0 saturated carbocycles. The van der Waals surface area contributed by atoms with Gasteiger partial charge in [0.1, 0.15) is 0 Å². The SMILES string of the molecule is CC(C)c1ccccc1NC(=O)c1cncc(NCc2cccnc2)c1. The van der Waals surface area contributed by atoms with Gasteiger partial charge in [0.25, 0.3) is 5.91 Å². The zero-order valence-electron chi connectivity index (χ0n) is 14.9. The lowest BCUT2D eigenvalue weighted by Gasteiger charge is -2.14. The van der Waals surface area contributed by atoms with E-state index in [0.717, 1.165) is 22.5 Å². The Hall–Kier alpha value is -3.21. The predicted octanol–water partition coefficient (Wildman–Crippen LogP) is 4.46. The molecule has 0 bridgehead atoms. The summed E-state index contributed by atoms with van der Waals surface area (Å²) in [5.74, 6) is 0.160. The summed E-state index contributed by atoms with van der Waals surface area (Å²) >= 11 is 0. The van der Waals surface area contributed by atoms with E-state index < -0.39 is 0 Å². The zero-order chi connectivity index (χ0) is 18.4. The smallest absolute Gasteiger partial charge is 0.257 e. The Balaban J connectivity index is 1.70. The number of hydrogen-bond donors (Lipinski definition) is 2. The topological polar surface area (TPSA) is 66.9 Å². The van der Waals surface area contributed by atoms with Crippen molar-refractivity contribution in [1.82, 2.24) is 9.97 Å². The van der Waals surface area contributed by atoms with Crippen LogP contribution in [0, 0.1) is 0 Å². The summed E-state index contributed by atoms with van der Waals surface area (Å²) in [6.07, 6.45) is 6.82. The Morgan fingerprint density at radius 3 is 2.65 bits per heavy atom. The molecular weight excluding hydrogens is 324 g/mol. The summed E-state index contributed by atoms with van der Waals surface area (Å²) in [5.41, 5.74) is 4.31. The number of hydrogen-bond acceptors (Lipinski definition) is 4. The molecule has 0 saturated heterocycles. The Kier molecular flexibility index (Phi) is 5.59. The second-order valence-electron chi connectivity index (χ2n) is 6.37. The van der Waals surface area contributed by atoms with E-state index in [2.05, 4.69) is 34.4 Å². The largest absolute Gasteiger partial charge is 0.380 e. The normalized spacial score (nSPS) is 10.6. The number of para-hydroxylation sites is 1. The molecule has 0 aliphatic rings. The van der Waals surface area contributed by atoms with Gasteiger partial charge in [-0.15, -0.1) is 0 Å². The number of carbonyl (C=O) groups is 1. The summed E-state index contributed by atoms with van der Waals surface area (Å²) in [4.78, 5) is 20.9. The van der Waals surface area contributed by atoms with E-state index >= 15 is 0 Å². The van der Waals surface area contributed by atoms with Crippen LogP contribution in [0.2, 0.25) is 0 Å². The maximum atomic E-state index is 12.6. The lowest BCUT2D eigenvalue weighted by Crippen LogP contribution is -2.14. The fourth-order valence-corrected chi connectivity index (χ4v) is 2.68. The number of nitrogens with zero attached hydrogens (tertiary/aromatic N) is 2. The molecule has 132 valence electrons. The number of aromatic nitrogens is 2. The average molecular weight is 346 g/mol. The van der Waals surface area contributed by atoms with Gasteiger partial charge in [0, 0.05) is 37.0 Å². The van der Waals surface area contributed by atoms with E-state index in [1.807, 2.05) is 36.4 Å². The van der Waals surface area contributed by atoms with E-state index in [-0.39, 0.29) is 5.91 Å². The summed E-state index contributed by atoms with van der Waals surface area (Å²) in [6.45, 7) is 4.84. The van der Waals surface area contributed by atoms with Crippen molar-refractivity contribution < 1.29 is 4.79 Å². The number of pyridine rings is 2.